The number of carbonyl (C=O) groups excluding carboxylic acids is 1. The van der Waals surface area contributed by atoms with Gasteiger partial charge in [-0.3, -0.25) is 4.79 Å². The third-order valence-corrected chi connectivity index (χ3v) is 13.3. The number of hydrogen-bond donors (Lipinski definition) is 6. The first-order valence-corrected chi connectivity index (χ1v) is 27.6. The zero-order valence-electron chi connectivity index (χ0n) is 41.8. The first kappa shape index (κ1) is 60.7. The summed E-state index contributed by atoms with van der Waals surface area (Å²) in [6.45, 7) is 3.80. The Morgan fingerprint density at radius 1 is 0.516 bits per heavy atom. The average Bonchev–Trinajstić information content (AvgIpc) is 3.29. The predicted molar refractivity (Wildman–Crippen MR) is 267 cm³/mol. The molecule has 1 saturated heterocycles. The van der Waals surface area contributed by atoms with Gasteiger partial charge in [-0.15, -0.1) is 0 Å². The number of aliphatic hydroxyl groups excluding tert-OH is 5. The monoisotopic (exact) mass is 908 g/mol. The molecule has 64 heavy (non-hydrogen) atoms. The highest BCUT2D eigenvalue weighted by molar-refractivity contribution is 5.76. The van der Waals surface area contributed by atoms with Crippen LogP contribution in [0.25, 0.3) is 0 Å². The van der Waals surface area contributed by atoms with Crippen molar-refractivity contribution in [3.8, 4) is 0 Å². The van der Waals surface area contributed by atoms with Crippen molar-refractivity contribution in [1.82, 2.24) is 5.32 Å². The fourth-order valence-electron chi connectivity index (χ4n) is 8.86. The normalized spacial score (nSPS) is 20.1. The van der Waals surface area contributed by atoms with Gasteiger partial charge in [-0.05, 0) is 44.9 Å². The summed E-state index contributed by atoms with van der Waals surface area (Å²) in [5, 5.41) is 54.4. The van der Waals surface area contributed by atoms with E-state index in [9.17, 15) is 30.3 Å². The lowest BCUT2D eigenvalue weighted by molar-refractivity contribution is -0.302. The summed E-state index contributed by atoms with van der Waals surface area (Å²) < 4.78 is 11.3. The highest BCUT2D eigenvalue weighted by Crippen LogP contribution is 2.23. The zero-order chi connectivity index (χ0) is 46.6. The van der Waals surface area contributed by atoms with E-state index in [1.54, 1.807) is 6.08 Å². The quantitative estimate of drug-likeness (QED) is 0.0261. The lowest BCUT2D eigenvalue weighted by Crippen LogP contribution is -2.60. The van der Waals surface area contributed by atoms with Gasteiger partial charge in [0.05, 0.1) is 25.4 Å². The third-order valence-electron chi connectivity index (χ3n) is 13.3. The highest BCUT2D eigenvalue weighted by Gasteiger charge is 2.44. The molecule has 0 aliphatic carbocycles. The molecule has 9 nitrogen and oxygen atoms in total. The van der Waals surface area contributed by atoms with Crippen molar-refractivity contribution in [2.45, 2.75) is 307 Å². The van der Waals surface area contributed by atoms with Crippen LogP contribution in [0.1, 0.15) is 264 Å². The molecule has 0 aromatic rings. The van der Waals surface area contributed by atoms with Crippen molar-refractivity contribution in [1.29, 1.82) is 0 Å². The minimum atomic E-state index is -1.56. The van der Waals surface area contributed by atoms with Gasteiger partial charge < -0.3 is 40.3 Å². The van der Waals surface area contributed by atoms with Gasteiger partial charge in [0, 0.05) is 6.42 Å². The van der Waals surface area contributed by atoms with Gasteiger partial charge in [-0.25, -0.2) is 0 Å². The molecule has 1 heterocycles. The Morgan fingerprint density at radius 3 is 1.27 bits per heavy atom. The molecule has 0 aromatic carbocycles. The number of ether oxygens (including phenoxy) is 2. The van der Waals surface area contributed by atoms with E-state index < -0.39 is 49.5 Å². The molecule has 1 rings (SSSR count). The molecular formula is C55H105NO8. The molecule has 6 N–H and O–H groups in total. The van der Waals surface area contributed by atoms with Crippen molar-refractivity contribution in [3.05, 3.63) is 24.3 Å². The van der Waals surface area contributed by atoms with Crippen molar-refractivity contribution < 1.29 is 39.8 Å². The Balaban J connectivity index is 2.23. The smallest absolute Gasteiger partial charge is 0.220 e. The Labute approximate surface area is 394 Å². The Hall–Kier alpha value is -1.33. The van der Waals surface area contributed by atoms with Crippen molar-refractivity contribution >= 4 is 5.91 Å². The van der Waals surface area contributed by atoms with Gasteiger partial charge in [0.1, 0.15) is 24.4 Å². The Kier molecular flexibility index (Phi) is 43.1. The van der Waals surface area contributed by atoms with Crippen LogP contribution in [0.4, 0.5) is 0 Å². The maximum atomic E-state index is 13.0. The number of allylic oxidation sites excluding steroid dienone is 3. The van der Waals surface area contributed by atoms with Gasteiger partial charge in [0.2, 0.25) is 5.91 Å². The van der Waals surface area contributed by atoms with Crippen LogP contribution in [0.3, 0.4) is 0 Å². The molecule has 1 aliphatic heterocycles. The maximum Gasteiger partial charge on any atom is 0.220 e. The molecule has 0 radical (unpaired) electrons. The molecule has 0 spiro atoms. The van der Waals surface area contributed by atoms with Gasteiger partial charge in [0.25, 0.3) is 0 Å². The molecule has 0 saturated carbocycles. The molecule has 0 bridgehead atoms. The fraction of sp³-hybridized carbons (Fsp3) is 0.909. The molecule has 7 atom stereocenters. The topological polar surface area (TPSA) is 149 Å². The number of rotatable bonds is 47. The first-order chi connectivity index (χ1) is 31.3. The molecule has 0 aromatic heterocycles. The minimum Gasteiger partial charge on any atom is -0.394 e. The van der Waals surface area contributed by atoms with Crippen LogP contribution in [-0.4, -0.2) is 87.5 Å². The van der Waals surface area contributed by atoms with Gasteiger partial charge >= 0.3 is 0 Å². The van der Waals surface area contributed by atoms with E-state index in [1.807, 2.05) is 6.08 Å². The van der Waals surface area contributed by atoms with E-state index >= 15 is 0 Å². The molecule has 1 aliphatic rings. The van der Waals surface area contributed by atoms with E-state index in [0.717, 1.165) is 38.5 Å². The van der Waals surface area contributed by atoms with Crippen molar-refractivity contribution in [2.24, 2.45) is 0 Å². The lowest BCUT2D eigenvalue weighted by Gasteiger charge is -2.40. The van der Waals surface area contributed by atoms with E-state index in [-0.39, 0.29) is 12.5 Å². The minimum absolute atomic E-state index is 0.176. The summed E-state index contributed by atoms with van der Waals surface area (Å²) >= 11 is 0. The van der Waals surface area contributed by atoms with Crippen molar-refractivity contribution in [3.63, 3.8) is 0 Å². The first-order valence-electron chi connectivity index (χ1n) is 27.6. The van der Waals surface area contributed by atoms with Crippen LogP contribution >= 0.6 is 0 Å². The zero-order valence-corrected chi connectivity index (χ0v) is 41.8. The van der Waals surface area contributed by atoms with E-state index in [2.05, 4.69) is 31.3 Å². The summed E-state index contributed by atoms with van der Waals surface area (Å²) in [7, 11) is 0. The fourth-order valence-corrected chi connectivity index (χ4v) is 8.86. The van der Waals surface area contributed by atoms with Crippen molar-refractivity contribution in [2.75, 3.05) is 13.2 Å². The van der Waals surface area contributed by atoms with E-state index in [0.29, 0.717) is 6.42 Å². The standard InChI is InChI=1S/C55H105NO8/c1-3-5-7-9-11-13-15-17-19-21-22-23-24-25-26-27-28-29-31-33-35-37-39-41-43-45-51(59)56-48(47-63-55-54(62)53(61)52(60)50(46-57)64-55)49(58)44-42-40-38-36-34-32-30-20-18-16-14-12-10-8-6-4-2/h25-26,42,44,48-50,52-55,57-58,60-62H,3-24,27-41,43,45-47H2,1-2H3,(H,56,59)/b26-25-,44-42+. The van der Waals surface area contributed by atoms with Gasteiger partial charge in [-0.2, -0.15) is 0 Å². The summed E-state index contributed by atoms with van der Waals surface area (Å²) in [6.07, 6.45) is 49.5. The second-order valence-electron chi connectivity index (χ2n) is 19.4. The average molecular weight is 908 g/mol. The molecular weight excluding hydrogens is 803 g/mol. The molecule has 1 fully saturated rings. The van der Waals surface area contributed by atoms with Crippen LogP contribution in [0.15, 0.2) is 24.3 Å². The summed E-state index contributed by atoms with van der Waals surface area (Å²) in [6, 6.07) is -0.804. The van der Waals surface area contributed by atoms with Crippen LogP contribution in [0.5, 0.6) is 0 Å². The van der Waals surface area contributed by atoms with E-state index in [4.69, 9.17) is 9.47 Å². The van der Waals surface area contributed by atoms with Crippen LogP contribution in [0.2, 0.25) is 0 Å². The number of amides is 1. The maximum absolute atomic E-state index is 13.0. The molecule has 9 heteroatoms. The van der Waals surface area contributed by atoms with Crippen LogP contribution in [0, 0.1) is 0 Å². The molecule has 378 valence electrons. The number of nitrogens with one attached hydrogen (secondary N) is 1. The summed E-state index contributed by atoms with van der Waals surface area (Å²) in [5.74, 6) is -0.176. The summed E-state index contributed by atoms with van der Waals surface area (Å²) in [5.41, 5.74) is 0. The van der Waals surface area contributed by atoms with Crippen LogP contribution < -0.4 is 5.32 Å². The molecule has 7 unspecified atom stereocenters. The van der Waals surface area contributed by atoms with Gasteiger partial charge in [0.15, 0.2) is 6.29 Å². The Morgan fingerprint density at radius 2 is 0.875 bits per heavy atom. The number of hydrogen-bond acceptors (Lipinski definition) is 8. The summed E-state index contributed by atoms with van der Waals surface area (Å²) in [4.78, 5) is 13.0. The second kappa shape index (κ2) is 45.5. The molecule has 1 amide bonds. The SMILES string of the molecule is CCCCCCCCCCCCCC/C=C\CCCCCCCCCCCC(=O)NC(COC1OC(CO)C(O)C(O)C1O)C(O)/C=C/CCCCCCCCCCCCCCCC. The third kappa shape index (κ3) is 34.9. The largest absolute Gasteiger partial charge is 0.394 e. The number of carbonyl (C=O) groups is 1. The highest BCUT2D eigenvalue weighted by atomic mass is 16.7. The second-order valence-corrected chi connectivity index (χ2v) is 19.4. The number of unbranched alkanes of at least 4 members (excludes halogenated alkanes) is 35. The number of aliphatic hydroxyl groups is 5. The van der Waals surface area contributed by atoms with E-state index in [1.165, 1.54) is 205 Å². The van der Waals surface area contributed by atoms with Gasteiger partial charge in [-0.1, -0.05) is 237 Å². The van der Waals surface area contributed by atoms with Crippen LogP contribution in [-0.2, 0) is 14.3 Å². The lowest BCUT2D eigenvalue weighted by atomic mass is 9.99. The Bertz CT molecular complexity index is 1060. The predicted octanol–water partition coefficient (Wildman–Crippen LogP) is 13.0.